The predicted molar refractivity (Wildman–Crippen MR) is 67.9 cm³/mol. The van der Waals surface area contributed by atoms with Gasteiger partial charge in [0.15, 0.2) is 5.15 Å². The summed E-state index contributed by atoms with van der Waals surface area (Å²) in [7, 11) is 0. The highest BCUT2D eigenvalue weighted by Crippen LogP contribution is 2.17. The lowest BCUT2D eigenvalue weighted by atomic mass is 10.2. The molecule has 86 valence electrons. The number of benzene rings is 1. The molecule has 0 saturated carbocycles. The second-order valence-electron chi connectivity index (χ2n) is 3.70. The summed E-state index contributed by atoms with van der Waals surface area (Å²) in [6.07, 6.45) is 0. The molecule has 0 aliphatic carbocycles. The van der Waals surface area contributed by atoms with Crippen LogP contribution in [-0.4, -0.2) is 14.6 Å². The molecule has 0 radical (unpaired) electrons. The summed E-state index contributed by atoms with van der Waals surface area (Å²) < 4.78 is 1.54. The SMILES string of the molecule is O=c1[nH]c2cc(CCl)ccc2n2nc(Cl)cc12. The molecule has 0 aliphatic heterocycles. The number of alkyl halides is 1. The number of aromatic amines is 1. The lowest BCUT2D eigenvalue weighted by Gasteiger charge is -2.02. The van der Waals surface area contributed by atoms with E-state index < -0.39 is 0 Å². The van der Waals surface area contributed by atoms with Crippen molar-refractivity contribution in [3.05, 3.63) is 45.3 Å². The molecule has 2 heterocycles. The molecule has 0 amide bonds. The van der Waals surface area contributed by atoms with Crippen LogP contribution in [0, 0.1) is 0 Å². The monoisotopic (exact) mass is 267 g/mol. The van der Waals surface area contributed by atoms with Crippen LogP contribution in [0.2, 0.25) is 5.15 Å². The smallest absolute Gasteiger partial charge is 0.274 e. The second kappa shape index (κ2) is 3.75. The molecule has 0 spiro atoms. The Hall–Kier alpha value is -1.52. The normalized spacial score (nSPS) is 11.4. The summed E-state index contributed by atoms with van der Waals surface area (Å²) >= 11 is 11.6. The number of fused-ring (bicyclic) bond motifs is 3. The van der Waals surface area contributed by atoms with Gasteiger partial charge in [0, 0.05) is 11.9 Å². The molecule has 3 aromatic rings. The zero-order valence-electron chi connectivity index (χ0n) is 8.58. The molecule has 0 atom stereocenters. The zero-order valence-corrected chi connectivity index (χ0v) is 10.1. The molecule has 1 aromatic carbocycles. The molecule has 2 aromatic heterocycles. The standard InChI is InChI=1S/C11H7Cl2N3O/c12-5-6-1-2-8-7(3-6)14-11(17)9-4-10(13)15-16(8)9/h1-4H,5H2,(H,14,17). The Balaban J connectivity index is 2.52. The van der Waals surface area contributed by atoms with Crippen LogP contribution in [0.1, 0.15) is 5.56 Å². The molecule has 6 heteroatoms. The van der Waals surface area contributed by atoms with Gasteiger partial charge in [0.25, 0.3) is 5.56 Å². The Kier molecular flexibility index (Phi) is 2.34. The minimum absolute atomic E-state index is 0.219. The van der Waals surface area contributed by atoms with Gasteiger partial charge in [-0.3, -0.25) is 4.79 Å². The van der Waals surface area contributed by atoms with Crippen molar-refractivity contribution in [3.63, 3.8) is 0 Å². The van der Waals surface area contributed by atoms with Crippen LogP contribution in [0.15, 0.2) is 29.1 Å². The molecule has 4 nitrogen and oxygen atoms in total. The van der Waals surface area contributed by atoms with E-state index in [1.807, 2.05) is 18.2 Å². The van der Waals surface area contributed by atoms with E-state index in [9.17, 15) is 4.79 Å². The molecule has 1 N–H and O–H groups in total. The topological polar surface area (TPSA) is 50.2 Å². The first-order valence-electron chi connectivity index (χ1n) is 4.95. The fourth-order valence-electron chi connectivity index (χ4n) is 1.84. The lowest BCUT2D eigenvalue weighted by Crippen LogP contribution is -2.10. The highest BCUT2D eigenvalue weighted by atomic mass is 35.5. The second-order valence-corrected chi connectivity index (χ2v) is 4.36. The Labute approximate surface area is 106 Å². The summed E-state index contributed by atoms with van der Waals surface area (Å²) in [6, 6.07) is 7.12. The quantitative estimate of drug-likeness (QED) is 0.689. The van der Waals surface area contributed by atoms with Crippen LogP contribution >= 0.6 is 23.2 Å². The first kappa shape index (κ1) is 10.6. The number of aromatic nitrogens is 3. The van der Waals surface area contributed by atoms with Crippen LogP contribution in [-0.2, 0) is 5.88 Å². The highest BCUT2D eigenvalue weighted by Gasteiger charge is 2.08. The molecule has 0 saturated heterocycles. The van der Waals surface area contributed by atoms with Crippen molar-refractivity contribution in [1.29, 1.82) is 0 Å². The Morgan fingerprint density at radius 2 is 2.12 bits per heavy atom. The summed E-state index contributed by atoms with van der Waals surface area (Å²) in [6.45, 7) is 0. The van der Waals surface area contributed by atoms with Gasteiger partial charge in [0.1, 0.15) is 5.52 Å². The maximum atomic E-state index is 11.8. The van der Waals surface area contributed by atoms with Gasteiger partial charge in [-0.2, -0.15) is 5.10 Å². The molecule has 0 fully saturated rings. The molecule has 3 rings (SSSR count). The van der Waals surface area contributed by atoms with Crippen molar-refractivity contribution in [3.8, 4) is 0 Å². The molecule has 0 aliphatic rings. The highest BCUT2D eigenvalue weighted by molar-refractivity contribution is 6.29. The van der Waals surface area contributed by atoms with Crippen LogP contribution in [0.3, 0.4) is 0 Å². The van der Waals surface area contributed by atoms with Crippen molar-refractivity contribution in [1.82, 2.24) is 14.6 Å². The average molecular weight is 268 g/mol. The van der Waals surface area contributed by atoms with E-state index in [-0.39, 0.29) is 5.56 Å². The van der Waals surface area contributed by atoms with E-state index in [0.717, 1.165) is 11.1 Å². The lowest BCUT2D eigenvalue weighted by molar-refractivity contribution is 0.986. The minimum atomic E-state index is -0.219. The Morgan fingerprint density at radius 3 is 2.88 bits per heavy atom. The molecule has 17 heavy (non-hydrogen) atoms. The van der Waals surface area contributed by atoms with E-state index >= 15 is 0 Å². The number of hydrogen-bond acceptors (Lipinski definition) is 2. The van der Waals surface area contributed by atoms with E-state index in [1.165, 1.54) is 10.6 Å². The number of nitrogens with one attached hydrogen (secondary N) is 1. The summed E-state index contributed by atoms with van der Waals surface area (Å²) in [5.41, 5.74) is 2.64. The third kappa shape index (κ3) is 1.61. The first-order valence-corrected chi connectivity index (χ1v) is 5.86. The third-order valence-electron chi connectivity index (χ3n) is 2.60. The maximum Gasteiger partial charge on any atom is 0.274 e. The fourth-order valence-corrected chi connectivity index (χ4v) is 2.18. The van der Waals surface area contributed by atoms with Gasteiger partial charge in [0.05, 0.1) is 11.0 Å². The van der Waals surface area contributed by atoms with Gasteiger partial charge >= 0.3 is 0 Å². The van der Waals surface area contributed by atoms with Crippen LogP contribution in [0.5, 0.6) is 0 Å². The van der Waals surface area contributed by atoms with Crippen LogP contribution in [0.25, 0.3) is 16.6 Å². The predicted octanol–water partition coefficient (Wildman–Crippen LogP) is 2.57. The van der Waals surface area contributed by atoms with Gasteiger partial charge in [-0.15, -0.1) is 11.6 Å². The van der Waals surface area contributed by atoms with E-state index in [4.69, 9.17) is 23.2 Å². The van der Waals surface area contributed by atoms with E-state index in [1.54, 1.807) is 0 Å². The van der Waals surface area contributed by atoms with Gasteiger partial charge in [-0.1, -0.05) is 17.7 Å². The van der Waals surface area contributed by atoms with Crippen LogP contribution < -0.4 is 5.56 Å². The minimum Gasteiger partial charge on any atom is -0.319 e. The Morgan fingerprint density at radius 1 is 1.29 bits per heavy atom. The van der Waals surface area contributed by atoms with E-state index in [0.29, 0.717) is 22.1 Å². The number of nitrogens with zero attached hydrogens (tertiary/aromatic N) is 2. The Bertz CT molecular complexity index is 775. The largest absolute Gasteiger partial charge is 0.319 e. The number of halogens is 2. The number of H-pyrrole nitrogens is 1. The van der Waals surface area contributed by atoms with Crippen molar-refractivity contribution >= 4 is 39.8 Å². The summed E-state index contributed by atoms with van der Waals surface area (Å²) in [5, 5.41) is 4.38. The van der Waals surface area contributed by atoms with Crippen molar-refractivity contribution in [2.75, 3.05) is 0 Å². The maximum absolute atomic E-state index is 11.8. The van der Waals surface area contributed by atoms with Gasteiger partial charge in [-0.25, -0.2) is 4.52 Å². The van der Waals surface area contributed by atoms with E-state index in [2.05, 4.69) is 10.1 Å². The summed E-state index contributed by atoms with van der Waals surface area (Å²) in [5.74, 6) is 0.399. The summed E-state index contributed by atoms with van der Waals surface area (Å²) in [4.78, 5) is 14.6. The van der Waals surface area contributed by atoms with Crippen LogP contribution in [0.4, 0.5) is 0 Å². The first-order chi connectivity index (χ1) is 8.19. The molecule has 0 unspecified atom stereocenters. The van der Waals surface area contributed by atoms with Gasteiger partial charge in [0.2, 0.25) is 0 Å². The van der Waals surface area contributed by atoms with Crippen molar-refractivity contribution < 1.29 is 0 Å². The fraction of sp³-hybridized carbons (Fsp3) is 0.0909. The van der Waals surface area contributed by atoms with Gasteiger partial charge in [-0.05, 0) is 17.7 Å². The molecular formula is C11H7Cl2N3O. The zero-order chi connectivity index (χ0) is 12.0. The molecule has 0 bridgehead atoms. The molecular weight excluding hydrogens is 261 g/mol. The van der Waals surface area contributed by atoms with Gasteiger partial charge < -0.3 is 4.98 Å². The third-order valence-corrected chi connectivity index (χ3v) is 3.10. The van der Waals surface area contributed by atoms with Crippen molar-refractivity contribution in [2.45, 2.75) is 5.88 Å². The average Bonchev–Trinajstić information content (AvgIpc) is 2.71. The van der Waals surface area contributed by atoms with Crippen molar-refractivity contribution in [2.24, 2.45) is 0 Å². The number of hydrogen-bond donors (Lipinski definition) is 1. The number of rotatable bonds is 1.